The monoisotopic (exact) mass is 446 g/mol. The van der Waals surface area contributed by atoms with Crippen molar-refractivity contribution in [3.8, 4) is 6.07 Å². The van der Waals surface area contributed by atoms with Crippen molar-refractivity contribution in [2.24, 2.45) is 5.73 Å². The van der Waals surface area contributed by atoms with Gasteiger partial charge in [0.1, 0.15) is 11.4 Å². The van der Waals surface area contributed by atoms with Crippen molar-refractivity contribution in [1.29, 1.82) is 5.26 Å². The summed E-state index contributed by atoms with van der Waals surface area (Å²) in [6, 6.07) is 18.7. The molecular weight excluding hydrogens is 419 g/mol. The maximum Gasteiger partial charge on any atom is 0.254 e. The third kappa shape index (κ3) is 5.21. The molecule has 0 aliphatic heterocycles. The van der Waals surface area contributed by atoms with Gasteiger partial charge in [-0.05, 0) is 55.5 Å². The molecule has 1 aliphatic carbocycles. The normalized spacial score (nSPS) is 20.2. The van der Waals surface area contributed by atoms with Crippen LogP contribution in [0.5, 0.6) is 0 Å². The summed E-state index contributed by atoms with van der Waals surface area (Å²) in [4.78, 5) is 12.1. The summed E-state index contributed by atoms with van der Waals surface area (Å²) in [5.74, 6) is -0.668. The smallest absolute Gasteiger partial charge is 0.254 e. The number of nitrogens with two attached hydrogens (primary N) is 1. The molecule has 7 nitrogen and oxygen atoms in total. The molecule has 3 aromatic rings. The Morgan fingerprint density at radius 2 is 1.88 bits per heavy atom. The standard InChI is InChI=1S/C25H27FN6O/c26-19-6-8-21(9-7-19)30-24-22(23(28)33)17-32(31-24)25(14-15-27)12-10-20(11-13-25)29-16-18-4-2-1-3-5-18/h1-9,17,20,29H,10-14,16H2,(H2,28,33)(H,30,31)/t20-,25+. The van der Waals surface area contributed by atoms with Crippen LogP contribution in [0, 0.1) is 17.1 Å². The number of rotatable bonds is 8. The fourth-order valence-corrected chi connectivity index (χ4v) is 4.41. The summed E-state index contributed by atoms with van der Waals surface area (Å²) in [7, 11) is 0. The highest BCUT2D eigenvalue weighted by Gasteiger charge is 2.38. The lowest BCUT2D eigenvalue weighted by Gasteiger charge is -2.39. The summed E-state index contributed by atoms with van der Waals surface area (Å²) < 4.78 is 15.0. The zero-order valence-corrected chi connectivity index (χ0v) is 18.3. The predicted octanol–water partition coefficient (Wildman–Crippen LogP) is 4.21. The number of amides is 1. The number of hydrogen-bond acceptors (Lipinski definition) is 5. The number of primary amides is 1. The maximum absolute atomic E-state index is 13.2. The van der Waals surface area contributed by atoms with Crippen LogP contribution in [0.2, 0.25) is 0 Å². The van der Waals surface area contributed by atoms with E-state index in [1.54, 1.807) is 23.0 Å². The van der Waals surface area contributed by atoms with Crippen molar-refractivity contribution in [1.82, 2.24) is 15.1 Å². The van der Waals surface area contributed by atoms with Crippen LogP contribution in [-0.4, -0.2) is 21.7 Å². The van der Waals surface area contributed by atoms with Gasteiger partial charge in [0.05, 0.1) is 18.0 Å². The molecule has 0 saturated heterocycles. The van der Waals surface area contributed by atoms with E-state index in [1.807, 2.05) is 18.2 Å². The third-order valence-electron chi connectivity index (χ3n) is 6.33. The van der Waals surface area contributed by atoms with Crippen molar-refractivity contribution >= 4 is 17.4 Å². The van der Waals surface area contributed by atoms with Crippen molar-refractivity contribution < 1.29 is 9.18 Å². The van der Waals surface area contributed by atoms with E-state index in [0.717, 1.165) is 32.2 Å². The highest BCUT2D eigenvalue weighted by atomic mass is 19.1. The summed E-state index contributed by atoms with van der Waals surface area (Å²) in [6.07, 6.45) is 5.20. The lowest BCUT2D eigenvalue weighted by Crippen LogP contribution is -2.43. The van der Waals surface area contributed by atoms with Crippen LogP contribution in [0.15, 0.2) is 60.8 Å². The van der Waals surface area contributed by atoms with Crippen LogP contribution in [0.4, 0.5) is 15.9 Å². The van der Waals surface area contributed by atoms with Crippen LogP contribution in [-0.2, 0) is 12.1 Å². The molecule has 170 valence electrons. The molecule has 1 aliphatic rings. The number of anilines is 2. The first-order valence-electron chi connectivity index (χ1n) is 11.1. The van der Waals surface area contributed by atoms with Crippen molar-refractivity contribution in [2.75, 3.05) is 5.32 Å². The molecule has 2 aromatic carbocycles. The average molecular weight is 447 g/mol. The molecule has 0 spiro atoms. The van der Waals surface area contributed by atoms with Gasteiger partial charge in [0, 0.05) is 24.5 Å². The summed E-state index contributed by atoms with van der Waals surface area (Å²) >= 11 is 0. The van der Waals surface area contributed by atoms with E-state index in [-0.39, 0.29) is 17.8 Å². The van der Waals surface area contributed by atoms with Gasteiger partial charge < -0.3 is 16.4 Å². The van der Waals surface area contributed by atoms with Gasteiger partial charge >= 0.3 is 0 Å². The molecule has 1 saturated carbocycles. The fourth-order valence-electron chi connectivity index (χ4n) is 4.41. The first-order valence-corrected chi connectivity index (χ1v) is 11.1. The van der Waals surface area contributed by atoms with E-state index in [4.69, 9.17) is 5.73 Å². The summed E-state index contributed by atoms with van der Waals surface area (Å²) in [5.41, 5.74) is 7.16. The highest BCUT2D eigenvalue weighted by molar-refractivity contribution is 5.98. The van der Waals surface area contributed by atoms with Crippen LogP contribution in [0.3, 0.4) is 0 Å². The molecule has 0 unspecified atom stereocenters. The number of nitrogens with zero attached hydrogens (tertiary/aromatic N) is 3. The quantitative estimate of drug-likeness (QED) is 0.480. The third-order valence-corrected chi connectivity index (χ3v) is 6.33. The first-order chi connectivity index (χ1) is 16.0. The van der Waals surface area contributed by atoms with Gasteiger partial charge in [-0.25, -0.2) is 4.39 Å². The molecule has 1 aromatic heterocycles. The second-order valence-electron chi connectivity index (χ2n) is 8.53. The molecule has 0 atom stereocenters. The Morgan fingerprint density at radius 1 is 1.18 bits per heavy atom. The van der Waals surface area contributed by atoms with Crippen molar-refractivity contribution in [2.45, 2.75) is 50.2 Å². The number of aromatic nitrogens is 2. The van der Waals surface area contributed by atoms with Gasteiger partial charge in [0.25, 0.3) is 5.91 Å². The number of benzene rings is 2. The second kappa shape index (κ2) is 9.84. The van der Waals surface area contributed by atoms with Crippen LogP contribution in [0.1, 0.15) is 48.0 Å². The Bertz CT molecular complexity index is 1130. The minimum absolute atomic E-state index is 0.237. The highest BCUT2D eigenvalue weighted by Crippen LogP contribution is 2.38. The van der Waals surface area contributed by atoms with Gasteiger partial charge in [-0.1, -0.05) is 30.3 Å². The molecule has 1 heterocycles. The Morgan fingerprint density at radius 3 is 2.52 bits per heavy atom. The lowest BCUT2D eigenvalue weighted by molar-refractivity contribution is 0.1000. The molecule has 1 amide bonds. The Labute approximate surface area is 192 Å². The van der Waals surface area contributed by atoms with E-state index in [0.29, 0.717) is 17.5 Å². The minimum Gasteiger partial charge on any atom is -0.365 e. The van der Waals surface area contributed by atoms with Crippen LogP contribution in [0.25, 0.3) is 0 Å². The van der Waals surface area contributed by atoms with E-state index in [1.165, 1.54) is 17.7 Å². The fraction of sp³-hybridized carbons (Fsp3) is 0.320. The Hall–Kier alpha value is -3.70. The molecule has 1 fully saturated rings. The van der Waals surface area contributed by atoms with Gasteiger partial charge in [0.15, 0.2) is 5.82 Å². The second-order valence-corrected chi connectivity index (χ2v) is 8.53. The Balaban J connectivity index is 1.51. The van der Waals surface area contributed by atoms with E-state index in [2.05, 4.69) is 33.9 Å². The average Bonchev–Trinajstić information content (AvgIpc) is 3.26. The van der Waals surface area contributed by atoms with Crippen molar-refractivity contribution in [3.63, 3.8) is 0 Å². The van der Waals surface area contributed by atoms with E-state index >= 15 is 0 Å². The number of halogens is 1. The molecule has 0 bridgehead atoms. The van der Waals surface area contributed by atoms with Gasteiger partial charge in [-0.3, -0.25) is 9.48 Å². The Kier molecular flexibility index (Phi) is 6.71. The molecular formula is C25H27FN6O. The number of nitrogens with one attached hydrogen (secondary N) is 2. The lowest BCUT2D eigenvalue weighted by atomic mass is 9.77. The zero-order chi connectivity index (χ0) is 23.3. The summed E-state index contributed by atoms with van der Waals surface area (Å²) in [6.45, 7) is 0.802. The van der Waals surface area contributed by atoms with Gasteiger partial charge in [0.2, 0.25) is 0 Å². The SMILES string of the molecule is N#CC[C@]1(n2cc(C(N)=O)c(Nc3ccc(F)cc3)n2)CC[C@@H](NCc2ccccc2)CC1. The van der Waals surface area contributed by atoms with E-state index in [9.17, 15) is 14.4 Å². The molecule has 33 heavy (non-hydrogen) atoms. The largest absolute Gasteiger partial charge is 0.365 e. The number of nitriles is 1. The number of carbonyl (C=O) groups excluding carboxylic acids is 1. The maximum atomic E-state index is 13.2. The van der Waals surface area contributed by atoms with E-state index < -0.39 is 11.4 Å². The summed E-state index contributed by atoms with van der Waals surface area (Å²) in [5, 5.41) is 20.8. The van der Waals surface area contributed by atoms with Gasteiger partial charge in [-0.15, -0.1) is 0 Å². The first kappa shape index (κ1) is 22.5. The number of hydrogen-bond donors (Lipinski definition) is 3. The van der Waals surface area contributed by atoms with Crippen LogP contribution < -0.4 is 16.4 Å². The van der Waals surface area contributed by atoms with Crippen molar-refractivity contribution in [3.05, 3.63) is 77.7 Å². The van der Waals surface area contributed by atoms with Gasteiger partial charge in [-0.2, -0.15) is 10.4 Å². The molecule has 8 heteroatoms. The predicted molar refractivity (Wildman–Crippen MR) is 124 cm³/mol. The molecule has 4 N–H and O–H groups in total. The minimum atomic E-state index is -0.615. The van der Waals surface area contributed by atoms with Crippen LogP contribution >= 0.6 is 0 Å². The molecule has 0 radical (unpaired) electrons. The topological polar surface area (TPSA) is 109 Å². The molecule has 4 rings (SSSR count). The number of carbonyl (C=O) groups is 1. The zero-order valence-electron chi connectivity index (χ0n) is 18.3.